The van der Waals surface area contributed by atoms with Crippen LogP contribution in [-0.2, 0) is 9.59 Å². The summed E-state index contributed by atoms with van der Waals surface area (Å²) in [7, 11) is 0. The van der Waals surface area contributed by atoms with Gasteiger partial charge in [0.1, 0.15) is 0 Å². The van der Waals surface area contributed by atoms with Gasteiger partial charge >= 0.3 is 0 Å². The number of carbonyl (C=O) groups is 2. The van der Waals surface area contributed by atoms with E-state index in [4.69, 9.17) is 0 Å². The number of nitrogens with one attached hydrogen (secondary N) is 2. The summed E-state index contributed by atoms with van der Waals surface area (Å²) in [5.41, 5.74) is 3.22. The van der Waals surface area contributed by atoms with Crippen LogP contribution in [0.25, 0.3) is 0 Å². The standard InChI is InChI=1S/C22H34N4O2/c1-15(2)19-7-5-6-16(3)21(19)24-20(27)14-25-10-12-26(13-11-25)17(4)22(28)23-18-8-9-18/h5-7,15,17-18H,8-14H2,1-4H3,(H,23,28)(H,24,27). The average Bonchev–Trinajstić information content (AvgIpc) is 3.47. The van der Waals surface area contributed by atoms with Crippen LogP contribution in [0.4, 0.5) is 5.69 Å². The van der Waals surface area contributed by atoms with Crippen LogP contribution in [0.5, 0.6) is 0 Å². The number of rotatable bonds is 7. The van der Waals surface area contributed by atoms with Gasteiger partial charge in [-0.1, -0.05) is 32.0 Å². The summed E-state index contributed by atoms with van der Waals surface area (Å²) in [4.78, 5) is 29.3. The van der Waals surface area contributed by atoms with E-state index in [1.165, 1.54) is 5.56 Å². The molecule has 6 heteroatoms. The lowest BCUT2D eigenvalue weighted by molar-refractivity contribution is -0.127. The van der Waals surface area contributed by atoms with Crippen LogP contribution in [0.15, 0.2) is 18.2 Å². The Labute approximate surface area is 168 Å². The molecule has 1 heterocycles. The van der Waals surface area contributed by atoms with Gasteiger partial charge in [0.15, 0.2) is 0 Å². The average molecular weight is 387 g/mol. The zero-order valence-corrected chi connectivity index (χ0v) is 17.6. The molecule has 1 aromatic rings. The Morgan fingerprint density at radius 3 is 2.39 bits per heavy atom. The quantitative estimate of drug-likeness (QED) is 0.755. The van der Waals surface area contributed by atoms with Gasteiger partial charge in [-0.25, -0.2) is 0 Å². The second-order valence-corrected chi connectivity index (χ2v) is 8.51. The van der Waals surface area contributed by atoms with Crippen molar-refractivity contribution in [3.8, 4) is 0 Å². The van der Waals surface area contributed by atoms with E-state index < -0.39 is 0 Å². The maximum Gasteiger partial charge on any atom is 0.238 e. The molecule has 0 radical (unpaired) electrons. The fourth-order valence-corrected chi connectivity index (χ4v) is 3.75. The predicted molar refractivity (Wildman–Crippen MR) is 113 cm³/mol. The lowest BCUT2D eigenvalue weighted by atomic mass is 9.98. The maximum atomic E-state index is 12.6. The number of aryl methyl sites for hydroxylation is 1. The SMILES string of the molecule is Cc1cccc(C(C)C)c1NC(=O)CN1CCN(C(C)C(=O)NC2CC2)CC1. The Hall–Kier alpha value is -1.92. The Morgan fingerprint density at radius 1 is 1.11 bits per heavy atom. The third kappa shape index (κ3) is 5.32. The van der Waals surface area contributed by atoms with Crippen LogP contribution in [0.1, 0.15) is 50.7 Å². The molecule has 3 rings (SSSR count). The molecule has 1 aliphatic carbocycles. The number of para-hydroxylation sites is 1. The monoisotopic (exact) mass is 386 g/mol. The van der Waals surface area contributed by atoms with Crippen molar-refractivity contribution in [2.24, 2.45) is 0 Å². The molecule has 2 aliphatic rings. The number of benzene rings is 1. The maximum absolute atomic E-state index is 12.6. The molecule has 0 spiro atoms. The molecule has 0 bridgehead atoms. The zero-order valence-electron chi connectivity index (χ0n) is 17.6. The fourth-order valence-electron chi connectivity index (χ4n) is 3.75. The minimum absolute atomic E-state index is 0.0316. The summed E-state index contributed by atoms with van der Waals surface area (Å²) in [6, 6.07) is 6.46. The highest BCUT2D eigenvalue weighted by atomic mass is 16.2. The molecule has 154 valence electrons. The minimum atomic E-state index is -0.0999. The molecule has 0 aromatic heterocycles. The van der Waals surface area contributed by atoms with Crippen LogP contribution < -0.4 is 10.6 Å². The Bertz CT molecular complexity index is 706. The van der Waals surface area contributed by atoms with Crippen molar-refractivity contribution in [2.45, 2.75) is 58.5 Å². The van der Waals surface area contributed by atoms with E-state index in [9.17, 15) is 9.59 Å². The van der Waals surface area contributed by atoms with Crippen molar-refractivity contribution >= 4 is 17.5 Å². The van der Waals surface area contributed by atoms with Gasteiger partial charge in [0.05, 0.1) is 12.6 Å². The Morgan fingerprint density at radius 2 is 1.79 bits per heavy atom. The first kappa shape index (κ1) is 20.8. The molecule has 1 saturated heterocycles. The highest BCUT2D eigenvalue weighted by Crippen LogP contribution is 2.27. The Balaban J connectivity index is 1.48. The van der Waals surface area contributed by atoms with Gasteiger partial charge in [-0.05, 0) is 43.7 Å². The molecule has 1 aliphatic heterocycles. The highest BCUT2D eigenvalue weighted by Gasteiger charge is 2.30. The third-order valence-electron chi connectivity index (χ3n) is 5.82. The number of hydrogen-bond acceptors (Lipinski definition) is 4. The molecule has 6 nitrogen and oxygen atoms in total. The van der Waals surface area contributed by atoms with E-state index >= 15 is 0 Å². The van der Waals surface area contributed by atoms with E-state index in [1.54, 1.807) is 0 Å². The van der Waals surface area contributed by atoms with Crippen molar-refractivity contribution in [3.63, 3.8) is 0 Å². The molecular weight excluding hydrogens is 352 g/mol. The second kappa shape index (κ2) is 9.05. The molecule has 2 N–H and O–H groups in total. The van der Waals surface area contributed by atoms with Gasteiger partial charge in [0.2, 0.25) is 11.8 Å². The molecule has 1 unspecified atom stereocenters. The molecule has 28 heavy (non-hydrogen) atoms. The van der Waals surface area contributed by atoms with Crippen molar-refractivity contribution in [2.75, 3.05) is 38.0 Å². The summed E-state index contributed by atoms with van der Waals surface area (Å²) < 4.78 is 0. The molecule has 1 saturated carbocycles. The van der Waals surface area contributed by atoms with Crippen molar-refractivity contribution < 1.29 is 9.59 Å². The summed E-state index contributed by atoms with van der Waals surface area (Å²) in [6.45, 7) is 11.9. The van der Waals surface area contributed by atoms with Gasteiger partial charge in [0.25, 0.3) is 0 Å². The number of nitrogens with zero attached hydrogens (tertiary/aromatic N) is 2. The fraction of sp³-hybridized carbons (Fsp3) is 0.636. The van der Waals surface area contributed by atoms with Gasteiger partial charge in [-0.3, -0.25) is 19.4 Å². The molecular formula is C22H34N4O2. The van der Waals surface area contributed by atoms with Crippen molar-refractivity contribution in [3.05, 3.63) is 29.3 Å². The van der Waals surface area contributed by atoms with E-state index in [0.29, 0.717) is 18.5 Å². The first-order valence-electron chi connectivity index (χ1n) is 10.5. The molecule has 1 atom stereocenters. The second-order valence-electron chi connectivity index (χ2n) is 8.51. The number of amides is 2. The number of anilines is 1. The van der Waals surface area contributed by atoms with Crippen LogP contribution in [-0.4, -0.2) is 66.4 Å². The first-order chi connectivity index (χ1) is 13.3. The van der Waals surface area contributed by atoms with Crippen LogP contribution in [0.2, 0.25) is 0 Å². The van der Waals surface area contributed by atoms with Gasteiger partial charge in [-0.15, -0.1) is 0 Å². The van der Waals surface area contributed by atoms with E-state index in [2.05, 4.69) is 40.3 Å². The van der Waals surface area contributed by atoms with Crippen LogP contribution >= 0.6 is 0 Å². The summed E-state index contributed by atoms with van der Waals surface area (Å²) in [5, 5.41) is 6.21. The lowest BCUT2D eigenvalue weighted by Gasteiger charge is -2.37. The van der Waals surface area contributed by atoms with E-state index in [1.807, 2.05) is 26.0 Å². The minimum Gasteiger partial charge on any atom is -0.352 e. The lowest BCUT2D eigenvalue weighted by Crippen LogP contribution is -2.55. The van der Waals surface area contributed by atoms with Crippen LogP contribution in [0, 0.1) is 6.92 Å². The van der Waals surface area contributed by atoms with E-state index in [-0.39, 0.29) is 17.9 Å². The topological polar surface area (TPSA) is 64.7 Å². The highest BCUT2D eigenvalue weighted by molar-refractivity contribution is 5.94. The van der Waals surface area contributed by atoms with Gasteiger partial charge in [0, 0.05) is 37.9 Å². The van der Waals surface area contributed by atoms with Crippen molar-refractivity contribution in [1.29, 1.82) is 0 Å². The summed E-state index contributed by atoms with van der Waals surface area (Å²) >= 11 is 0. The smallest absolute Gasteiger partial charge is 0.238 e. The molecule has 2 fully saturated rings. The van der Waals surface area contributed by atoms with Gasteiger partial charge < -0.3 is 10.6 Å². The summed E-state index contributed by atoms with van der Waals surface area (Å²) in [5.74, 6) is 0.528. The zero-order chi connectivity index (χ0) is 20.3. The molecule has 2 amide bonds. The first-order valence-corrected chi connectivity index (χ1v) is 10.5. The van der Waals surface area contributed by atoms with Crippen LogP contribution in [0.3, 0.4) is 0 Å². The normalized spacial score (nSPS) is 19.5. The summed E-state index contributed by atoms with van der Waals surface area (Å²) in [6.07, 6.45) is 2.22. The molecule has 1 aromatic carbocycles. The predicted octanol–water partition coefficient (Wildman–Crippen LogP) is 2.34. The van der Waals surface area contributed by atoms with E-state index in [0.717, 1.165) is 50.3 Å². The van der Waals surface area contributed by atoms with Gasteiger partial charge in [-0.2, -0.15) is 0 Å². The largest absolute Gasteiger partial charge is 0.352 e. The number of carbonyl (C=O) groups excluding carboxylic acids is 2. The number of piperazine rings is 1. The Kier molecular flexibility index (Phi) is 6.73. The third-order valence-corrected chi connectivity index (χ3v) is 5.82. The number of hydrogen-bond donors (Lipinski definition) is 2. The van der Waals surface area contributed by atoms with Crippen molar-refractivity contribution in [1.82, 2.24) is 15.1 Å².